The maximum Gasteiger partial charge on any atom is 0.185 e. The van der Waals surface area contributed by atoms with Gasteiger partial charge in [-0.15, -0.1) is 0 Å². The zero-order valence-electron chi connectivity index (χ0n) is 11.8. The summed E-state index contributed by atoms with van der Waals surface area (Å²) in [4.78, 5) is 7.89. The summed E-state index contributed by atoms with van der Waals surface area (Å²) in [6.07, 6.45) is 1.04. The van der Waals surface area contributed by atoms with Gasteiger partial charge in [-0.2, -0.15) is 0 Å². The molecular weight excluding hydrogens is 248 g/mol. The third-order valence-corrected chi connectivity index (χ3v) is 4.27. The van der Waals surface area contributed by atoms with Gasteiger partial charge in [0, 0.05) is 20.2 Å². The number of nitrogens with zero attached hydrogens (tertiary/aromatic N) is 2. The lowest BCUT2D eigenvalue weighted by atomic mass is 10.0. The lowest BCUT2D eigenvalue weighted by molar-refractivity contribution is 0.205. The van der Waals surface area contributed by atoms with Crippen LogP contribution in [-0.2, 0) is 11.3 Å². The number of aliphatic hydroxyl groups is 1. The van der Waals surface area contributed by atoms with Crippen molar-refractivity contribution in [3.63, 3.8) is 0 Å². The van der Waals surface area contributed by atoms with Crippen molar-refractivity contribution in [3.05, 3.63) is 10.6 Å². The first-order chi connectivity index (χ1) is 8.67. The van der Waals surface area contributed by atoms with Crippen LogP contribution in [0.2, 0.25) is 0 Å². The zero-order valence-corrected chi connectivity index (χ0v) is 12.6. The van der Waals surface area contributed by atoms with E-state index in [0.717, 1.165) is 35.2 Å². The SMILES string of the molecule is CCC(C)c1nc(N(CC)CCOC)sc1CO. The monoisotopic (exact) mass is 272 g/mol. The average molecular weight is 272 g/mol. The maximum absolute atomic E-state index is 9.43. The van der Waals surface area contributed by atoms with Gasteiger partial charge in [-0.25, -0.2) is 4.98 Å². The summed E-state index contributed by atoms with van der Waals surface area (Å²) in [5.74, 6) is 0.401. The molecule has 5 heteroatoms. The van der Waals surface area contributed by atoms with Crippen molar-refractivity contribution in [1.29, 1.82) is 0 Å². The molecule has 1 atom stereocenters. The summed E-state index contributed by atoms with van der Waals surface area (Å²) in [6, 6.07) is 0. The van der Waals surface area contributed by atoms with E-state index in [2.05, 4.69) is 25.7 Å². The lowest BCUT2D eigenvalue weighted by Crippen LogP contribution is -2.26. The molecular formula is C13H24N2O2S. The minimum Gasteiger partial charge on any atom is -0.391 e. The molecule has 0 aliphatic carbocycles. The van der Waals surface area contributed by atoms with Crippen molar-refractivity contribution in [2.75, 3.05) is 31.7 Å². The third-order valence-electron chi connectivity index (χ3n) is 3.16. The number of thiazole rings is 1. The van der Waals surface area contributed by atoms with Crippen molar-refractivity contribution in [2.45, 2.75) is 39.7 Å². The first-order valence-electron chi connectivity index (χ1n) is 6.52. The van der Waals surface area contributed by atoms with Crippen molar-refractivity contribution in [3.8, 4) is 0 Å². The molecule has 0 bridgehead atoms. The summed E-state index contributed by atoms with van der Waals surface area (Å²) in [5, 5.41) is 10.4. The van der Waals surface area contributed by atoms with Crippen LogP contribution in [0.5, 0.6) is 0 Å². The highest BCUT2D eigenvalue weighted by atomic mass is 32.1. The molecule has 0 spiro atoms. The topological polar surface area (TPSA) is 45.6 Å². The Kier molecular flexibility index (Phi) is 6.60. The highest BCUT2D eigenvalue weighted by Gasteiger charge is 2.18. The van der Waals surface area contributed by atoms with Gasteiger partial charge in [0.25, 0.3) is 0 Å². The van der Waals surface area contributed by atoms with Crippen LogP contribution < -0.4 is 4.90 Å². The van der Waals surface area contributed by atoms with Gasteiger partial charge < -0.3 is 14.7 Å². The molecule has 0 aliphatic rings. The highest BCUT2D eigenvalue weighted by Crippen LogP contribution is 2.32. The Morgan fingerprint density at radius 3 is 2.67 bits per heavy atom. The molecule has 1 aromatic rings. The molecule has 1 rings (SSSR count). The molecule has 1 aromatic heterocycles. The fourth-order valence-electron chi connectivity index (χ4n) is 1.77. The smallest absolute Gasteiger partial charge is 0.185 e. The molecule has 0 amide bonds. The molecule has 0 saturated heterocycles. The summed E-state index contributed by atoms with van der Waals surface area (Å²) >= 11 is 1.60. The molecule has 18 heavy (non-hydrogen) atoms. The Hall–Kier alpha value is -0.650. The molecule has 0 fully saturated rings. The van der Waals surface area contributed by atoms with Gasteiger partial charge in [-0.3, -0.25) is 0 Å². The van der Waals surface area contributed by atoms with Crippen molar-refractivity contribution < 1.29 is 9.84 Å². The van der Waals surface area contributed by atoms with Gasteiger partial charge in [0.2, 0.25) is 0 Å². The van der Waals surface area contributed by atoms with Gasteiger partial charge in [0.1, 0.15) is 0 Å². The molecule has 0 aliphatic heterocycles. The Bertz CT molecular complexity index is 355. The minimum atomic E-state index is 0.0825. The second kappa shape index (κ2) is 7.71. The summed E-state index contributed by atoms with van der Waals surface area (Å²) in [7, 11) is 1.71. The number of hydrogen-bond donors (Lipinski definition) is 1. The Balaban J connectivity index is 2.91. The summed E-state index contributed by atoms with van der Waals surface area (Å²) in [6.45, 7) is 8.93. The fourth-order valence-corrected chi connectivity index (χ4v) is 2.90. The number of rotatable bonds is 8. The van der Waals surface area contributed by atoms with E-state index in [-0.39, 0.29) is 6.61 Å². The van der Waals surface area contributed by atoms with Gasteiger partial charge in [0.15, 0.2) is 5.13 Å². The molecule has 1 heterocycles. The van der Waals surface area contributed by atoms with E-state index < -0.39 is 0 Å². The Labute approximate surface area is 114 Å². The Morgan fingerprint density at radius 2 is 2.17 bits per heavy atom. The first kappa shape index (κ1) is 15.4. The molecule has 1 unspecified atom stereocenters. The first-order valence-corrected chi connectivity index (χ1v) is 7.33. The number of likely N-dealkylation sites (N-methyl/N-ethyl adjacent to an activating group) is 1. The number of ether oxygens (including phenoxy) is 1. The zero-order chi connectivity index (χ0) is 13.5. The molecule has 0 saturated carbocycles. The van der Waals surface area contributed by atoms with Crippen LogP contribution in [0.4, 0.5) is 5.13 Å². The second-order valence-electron chi connectivity index (χ2n) is 4.34. The number of aromatic nitrogens is 1. The van der Waals surface area contributed by atoms with Gasteiger partial charge in [0.05, 0.1) is 23.8 Å². The molecule has 104 valence electrons. The fraction of sp³-hybridized carbons (Fsp3) is 0.769. The van der Waals surface area contributed by atoms with Crippen molar-refractivity contribution in [2.24, 2.45) is 0 Å². The number of aliphatic hydroxyl groups excluding tert-OH is 1. The van der Waals surface area contributed by atoms with E-state index in [9.17, 15) is 5.11 Å². The standard InChI is InChI=1S/C13H24N2O2S/c1-5-10(3)12-11(9-16)18-13(14-12)15(6-2)7-8-17-4/h10,16H,5-9H2,1-4H3. The molecule has 4 nitrogen and oxygen atoms in total. The van der Waals surface area contributed by atoms with E-state index in [1.165, 1.54) is 0 Å². The van der Waals surface area contributed by atoms with E-state index >= 15 is 0 Å². The molecule has 0 radical (unpaired) electrons. The predicted octanol–water partition coefficient (Wildman–Crippen LogP) is 2.62. The van der Waals surface area contributed by atoms with Gasteiger partial charge in [-0.05, 0) is 19.3 Å². The molecule has 1 N–H and O–H groups in total. The quantitative estimate of drug-likeness (QED) is 0.790. The molecule has 0 aromatic carbocycles. The van der Waals surface area contributed by atoms with Crippen molar-refractivity contribution in [1.82, 2.24) is 4.98 Å². The number of hydrogen-bond acceptors (Lipinski definition) is 5. The van der Waals surface area contributed by atoms with Crippen LogP contribution in [0.15, 0.2) is 0 Å². The summed E-state index contributed by atoms with van der Waals surface area (Å²) in [5.41, 5.74) is 1.05. The van der Waals surface area contributed by atoms with E-state index in [1.54, 1.807) is 18.4 Å². The van der Waals surface area contributed by atoms with Crippen LogP contribution in [-0.4, -0.2) is 36.9 Å². The minimum absolute atomic E-state index is 0.0825. The normalized spacial score (nSPS) is 12.7. The lowest BCUT2D eigenvalue weighted by Gasteiger charge is -2.19. The largest absolute Gasteiger partial charge is 0.391 e. The van der Waals surface area contributed by atoms with Crippen LogP contribution in [0.1, 0.15) is 43.7 Å². The van der Waals surface area contributed by atoms with E-state index in [0.29, 0.717) is 12.5 Å². The maximum atomic E-state index is 9.43. The van der Waals surface area contributed by atoms with Crippen LogP contribution >= 0.6 is 11.3 Å². The average Bonchev–Trinajstić information content (AvgIpc) is 2.83. The highest BCUT2D eigenvalue weighted by molar-refractivity contribution is 7.15. The predicted molar refractivity (Wildman–Crippen MR) is 76.5 cm³/mol. The van der Waals surface area contributed by atoms with E-state index in [4.69, 9.17) is 9.72 Å². The summed E-state index contributed by atoms with van der Waals surface area (Å²) < 4.78 is 5.11. The number of anilines is 1. The second-order valence-corrected chi connectivity index (χ2v) is 5.41. The van der Waals surface area contributed by atoms with Crippen LogP contribution in [0.3, 0.4) is 0 Å². The number of methoxy groups -OCH3 is 1. The van der Waals surface area contributed by atoms with Crippen molar-refractivity contribution >= 4 is 16.5 Å². The Morgan fingerprint density at radius 1 is 1.44 bits per heavy atom. The van der Waals surface area contributed by atoms with Crippen LogP contribution in [0, 0.1) is 0 Å². The van der Waals surface area contributed by atoms with Gasteiger partial charge >= 0.3 is 0 Å². The van der Waals surface area contributed by atoms with Crippen LogP contribution in [0.25, 0.3) is 0 Å². The van der Waals surface area contributed by atoms with Gasteiger partial charge in [-0.1, -0.05) is 25.2 Å². The van der Waals surface area contributed by atoms with E-state index in [1.807, 2.05) is 0 Å². The third kappa shape index (κ3) is 3.67.